The standard InChI is InChI=1S/C13H14FN3O2S/c1-13(2,3)19-12(18)17-9-7-16-11(20-9)10-8(14)5-4-6-15-10/h4-7H,1-3H3,(H,17,18). The molecular formula is C13H14FN3O2S. The molecule has 0 aliphatic rings. The highest BCUT2D eigenvalue weighted by Gasteiger charge is 2.17. The van der Waals surface area contributed by atoms with Crippen LogP contribution in [-0.2, 0) is 4.74 Å². The molecule has 7 heteroatoms. The molecule has 0 saturated heterocycles. The van der Waals surface area contributed by atoms with Gasteiger partial charge in [-0.3, -0.25) is 10.3 Å². The maximum Gasteiger partial charge on any atom is 0.412 e. The molecule has 20 heavy (non-hydrogen) atoms. The zero-order chi connectivity index (χ0) is 14.8. The minimum Gasteiger partial charge on any atom is -0.444 e. The normalized spacial score (nSPS) is 11.2. The number of hydrogen-bond donors (Lipinski definition) is 1. The Hall–Kier alpha value is -2.02. The minimum atomic E-state index is -0.579. The van der Waals surface area contributed by atoms with Crippen molar-refractivity contribution in [2.75, 3.05) is 5.32 Å². The van der Waals surface area contributed by atoms with Crippen molar-refractivity contribution in [2.45, 2.75) is 26.4 Å². The van der Waals surface area contributed by atoms with E-state index in [0.717, 1.165) is 11.3 Å². The second kappa shape index (κ2) is 5.54. The quantitative estimate of drug-likeness (QED) is 0.917. The lowest BCUT2D eigenvalue weighted by atomic mass is 10.2. The van der Waals surface area contributed by atoms with Crippen LogP contribution in [0.3, 0.4) is 0 Å². The van der Waals surface area contributed by atoms with Crippen LogP contribution < -0.4 is 5.32 Å². The van der Waals surface area contributed by atoms with E-state index in [-0.39, 0.29) is 5.69 Å². The molecule has 2 rings (SSSR count). The molecule has 0 aromatic carbocycles. The Morgan fingerprint density at radius 2 is 2.15 bits per heavy atom. The Morgan fingerprint density at radius 3 is 2.80 bits per heavy atom. The summed E-state index contributed by atoms with van der Waals surface area (Å²) in [6.07, 6.45) is 2.35. The molecule has 0 spiro atoms. The smallest absolute Gasteiger partial charge is 0.412 e. The third-order valence-electron chi connectivity index (χ3n) is 2.09. The number of amides is 1. The van der Waals surface area contributed by atoms with Gasteiger partial charge < -0.3 is 4.74 Å². The van der Waals surface area contributed by atoms with Gasteiger partial charge in [-0.25, -0.2) is 14.2 Å². The summed E-state index contributed by atoms with van der Waals surface area (Å²) >= 11 is 1.13. The average molecular weight is 295 g/mol. The van der Waals surface area contributed by atoms with E-state index in [0.29, 0.717) is 10.0 Å². The summed E-state index contributed by atoms with van der Waals surface area (Å²) in [7, 11) is 0. The molecule has 0 aliphatic heterocycles. The van der Waals surface area contributed by atoms with Crippen LogP contribution in [0, 0.1) is 5.82 Å². The van der Waals surface area contributed by atoms with Gasteiger partial charge in [0.1, 0.15) is 21.3 Å². The summed E-state index contributed by atoms with van der Waals surface area (Å²) in [4.78, 5) is 19.6. The number of carbonyl (C=O) groups is 1. The molecule has 0 bridgehead atoms. The maximum absolute atomic E-state index is 13.6. The number of thiazole rings is 1. The second-order valence-corrected chi connectivity index (χ2v) is 6.02. The largest absolute Gasteiger partial charge is 0.444 e. The van der Waals surface area contributed by atoms with Gasteiger partial charge in [-0.1, -0.05) is 11.3 Å². The molecule has 0 atom stereocenters. The summed E-state index contributed by atoms with van der Waals surface area (Å²) < 4.78 is 18.7. The molecule has 2 heterocycles. The van der Waals surface area contributed by atoms with Gasteiger partial charge in [-0.15, -0.1) is 0 Å². The minimum absolute atomic E-state index is 0.162. The second-order valence-electron chi connectivity index (χ2n) is 4.99. The van der Waals surface area contributed by atoms with Crippen LogP contribution in [0.5, 0.6) is 0 Å². The number of nitrogens with one attached hydrogen (secondary N) is 1. The Morgan fingerprint density at radius 1 is 1.40 bits per heavy atom. The van der Waals surface area contributed by atoms with Crippen LogP contribution in [0.15, 0.2) is 24.5 Å². The van der Waals surface area contributed by atoms with Gasteiger partial charge in [0, 0.05) is 6.20 Å². The Balaban J connectivity index is 2.10. The number of rotatable bonds is 2. The van der Waals surface area contributed by atoms with Gasteiger partial charge in [-0.2, -0.15) is 0 Å². The molecule has 2 aromatic rings. The summed E-state index contributed by atoms with van der Waals surface area (Å²) in [5, 5.41) is 3.42. The van der Waals surface area contributed by atoms with E-state index in [1.54, 1.807) is 20.8 Å². The predicted molar refractivity (Wildman–Crippen MR) is 75.2 cm³/mol. The van der Waals surface area contributed by atoms with Gasteiger partial charge in [0.25, 0.3) is 0 Å². The zero-order valence-electron chi connectivity index (χ0n) is 11.3. The highest BCUT2D eigenvalue weighted by atomic mass is 32.1. The molecule has 1 N–H and O–H groups in total. The van der Waals surface area contributed by atoms with Crippen molar-refractivity contribution >= 4 is 22.4 Å². The number of nitrogens with zero attached hydrogens (tertiary/aromatic N) is 2. The first-order valence-electron chi connectivity index (χ1n) is 5.92. The number of halogens is 1. The van der Waals surface area contributed by atoms with Crippen molar-refractivity contribution in [1.82, 2.24) is 9.97 Å². The van der Waals surface area contributed by atoms with Gasteiger partial charge in [0.05, 0.1) is 6.20 Å². The molecule has 2 aromatic heterocycles. The van der Waals surface area contributed by atoms with Crippen LogP contribution in [0.25, 0.3) is 10.7 Å². The van der Waals surface area contributed by atoms with E-state index in [9.17, 15) is 9.18 Å². The summed E-state index contributed by atoms with van der Waals surface area (Å²) in [5.41, 5.74) is -0.417. The molecule has 106 valence electrons. The van der Waals surface area contributed by atoms with Crippen LogP contribution in [0.1, 0.15) is 20.8 Å². The SMILES string of the molecule is CC(C)(C)OC(=O)Nc1cnc(-c2ncccc2F)s1. The Bertz CT molecular complexity index is 622. The fourth-order valence-corrected chi connectivity index (χ4v) is 2.19. The predicted octanol–water partition coefficient (Wildman–Crippen LogP) is 3.69. The first kappa shape index (κ1) is 14.4. The first-order valence-corrected chi connectivity index (χ1v) is 6.73. The Kier molecular flexibility index (Phi) is 3.99. The van der Waals surface area contributed by atoms with Crippen molar-refractivity contribution in [2.24, 2.45) is 0 Å². The highest BCUT2D eigenvalue weighted by molar-refractivity contribution is 7.19. The van der Waals surface area contributed by atoms with E-state index in [4.69, 9.17) is 4.74 Å². The van der Waals surface area contributed by atoms with Gasteiger partial charge >= 0.3 is 6.09 Å². The third-order valence-corrected chi connectivity index (χ3v) is 3.01. The maximum atomic E-state index is 13.6. The Labute approximate surface area is 119 Å². The molecule has 0 saturated carbocycles. The molecule has 0 fully saturated rings. The number of pyridine rings is 1. The van der Waals surface area contributed by atoms with Crippen LogP contribution in [0.2, 0.25) is 0 Å². The molecule has 0 unspecified atom stereocenters. The number of hydrogen-bond acceptors (Lipinski definition) is 5. The van der Waals surface area contributed by atoms with E-state index >= 15 is 0 Å². The molecule has 5 nitrogen and oxygen atoms in total. The van der Waals surface area contributed by atoms with Crippen LogP contribution in [-0.4, -0.2) is 21.7 Å². The van der Waals surface area contributed by atoms with E-state index < -0.39 is 17.5 Å². The van der Waals surface area contributed by atoms with Gasteiger partial charge in [-0.05, 0) is 32.9 Å². The molecule has 0 radical (unpaired) electrons. The van der Waals surface area contributed by atoms with E-state index in [1.807, 2.05) is 0 Å². The summed E-state index contributed by atoms with van der Waals surface area (Å²) in [5.74, 6) is -0.453. The fraction of sp³-hybridized carbons (Fsp3) is 0.308. The number of ether oxygens (including phenoxy) is 1. The van der Waals surface area contributed by atoms with Gasteiger partial charge in [0.15, 0.2) is 5.82 Å². The lowest BCUT2D eigenvalue weighted by Crippen LogP contribution is -2.26. The molecule has 0 aliphatic carbocycles. The average Bonchev–Trinajstić information content (AvgIpc) is 2.75. The lowest BCUT2D eigenvalue weighted by molar-refractivity contribution is 0.0636. The highest BCUT2D eigenvalue weighted by Crippen LogP contribution is 2.28. The van der Waals surface area contributed by atoms with E-state index in [2.05, 4.69) is 15.3 Å². The van der Waals surface area contributed by atoms with Crippen molar-refractivity contribution in [1.29, 1.82) is 0 Å². The van der Waals surface area contributed by atoms with Crippen molar-refractivity contribution in [3.05, 3.63) is 30.3 Å². The topological polar surface area (TPSA) is 64.1 Å². The van der Waals surface area contributed by atoms with Crippen LogP contribution in [0.4, 0.5) is 14.2 Å². The third kappa shape index (κ3) is 3.74. The zero-order valence-corrected chi connectivity index (χ0v) is 12.1. The monoisotopic (exact) mass is 295 g/mol. The van der Waals surface area contributed by atoms with Crippen LogP contribution >= 0.6 is 11.3 Å². The lowest BCUT2D eigenvalue weighted by Gasteiger charge is -2.19. The molecule has 1 amide bonds. The van der Waals surface area contributed by atoms with Crippen molar-refractivity contribution in [3.63, 3.8) is 0 Å². The van der Waals surface area contributed by atoms with Crippen molar-refractivity contribution < 1.29 is 13.9 Å². The molecular weight excluding hydrogens is 281 g/mol. The number of anilines is 1. The van der Waals surface area contributed by atoms with Gasteiger partial charge in [0.2, 0.25) is 0 Å². The fourth-order valence-electron chi connectivity index (χ4n) is 1.39. The van der Waals surface area contributed by atoms with Crippen molar-refractivity contribution in [3.8, 4) is 10.7 Å². The van der Waals surface area contributed by atoms with E-state index in [1.165, 1.54) is 24.5 Å². The number of aromatic nitrogens is 2. The summed E-state index contributed by atoms with van der Waals surface area (Å²) in [6.45, 7) is 5.32. The summed E-state index contributed by atoms with van der Waals surface area (Å²) in [6, 6.07) is 2.82. The number of carbonyl (C=O) groups excluding carboxylic acids is 1. The first-order chi connectivity index (χ1) is 9.35.